The van der Waals surface area contributed by atoms with Gasteiger partial charge >= 0.3 is 0 Å². The summed E-state index contributed by atoms with van der Waals surface area (Å²) in [6.07, 6.45) is 3.88. The number of halogens is 1. The Bertz CT molecular complexity index is 859. The lowest BCUT2D eigenvalue weighted by molar-refractivity contribution is -0.124. The molecule has 2 amide bonds. The molecule has 1 fully saturated rings. The monoisotopic (exact) mass is 425 g/mol. The quantitative estimate of drug-likeness (QED) is 0.675. The molecule has 0 spiro atoms. The fraction of sp³-hybridized carbons (Fsp3) is 0.440. The highest BCUT2D eigenvalue weighted by Gasteiger charge is 2.24. The molecule has 2 aromatic carbocycles. The first kappa shape index (κ1) is 22.9. The van der Waals surface area contributed by atoms with E-state index in [1.807, 2.05) is 26.0 Å². The zero-order chi connectivity index (χ0) is 22.2. The third-order valence-electron chi connectivity index (χ3n) is 5.69. The molecule has 1 aliphatic rings. The Labute approximate surface area is 184 Å². The van der Waals surface area contributed by atoms with Crippen LogP contribution in [0.25, 0.3) is 0 Å². The molecular formula is C25H32FN3O2. The number of carbonyl (C=O) groups excluding carboxylic acids is 2. The summed E-state index contributed by atoms with van der Waals surface area (Å²) < 4.78 is 13.1. The van der Waals surface area contributed by atoms with Crippen LogP contribution in [-0.4, -0.2) is 35.8 Å². The van der Waals surface area contributed by atoms with Crippen LogP contribution in [0.15, 0.2) is 48.5 Å². The zero-order valence-electron chi connectivity index (χ0n) is 18.4. The number of hydrogen-bond acceptors (Lipinski definition) is 3. The SMILES string of the molecule is CC(C)[C@H](NC(=O)c1ccc(F)cc1)C(=O)NCc1ccc(CN2CCCCC2)cc1. The van der Waals surface area contributed by atoms with Crippen molar-refractivity contribution < 1.29 is 14.0 Å². The molecule has 2 aromatic rings. The molecule has 1 aliphatic heterocycles. The smallest absolute Gasteiger partial charge is 0.251 e. The molecule has 2 N–H and O–H groups in total. The largest absolute Gasteiger partial charge is 0.350 e. The standard InChI is InChI=1S/C25H32FN3O2/c1-18(2)23(28-24(30)21-10-12-22(26)13-11-21)25(31)27-16-19-6-8-20(9-7-19)17-29-14-4-3-5-15-29/h6-13,18,23H,3-5,14-17H2,1-2H3,(H,27,31)(H,28,30)/t23-/m0/s1. The van der Waals surface area contributed by atoms with Crippen molar-refractivity contribution in [2.75, 3.05) is 13.1 Å². The first-order valence-electron chi connectivity index (χ1n) is 11.1. The minimum Gasteiger partial charge on any atom is -0.350 e. The lowest BCUT2D eigenvalue weighted by Gasteiger charge is -2.26. The Morgan fingerprint density at radius 1 is 0.935 bits per heavy atom. The minimum absolute atomic E-state index is 0.0867. The van der Waals surface area contributed by atoms with Crippen molar-refractivity contribution in [1.82, 2.24) is 15.5 Å². The van der Waals surface area contributed by atoms with Gasteiger partial charge in [-0.3, -0.25) is 14.5 Å². The van der Waals surface area contributed by atoms with Crippen LogP contribution in [-0.2, 0) is 17.9 Å². The molecule has 1 atom stereocenters. The molecule has 166 valence electrons. The van der Waals surface area contributed by atoms with Crippen molar-refractivity contribution in [1.29, 1.82) is 0 Å². The Morgan fingerprint density at radius 2 is 1.55 bits per heavy atom. The van der Waals surface area contributed by atoms with Gasteiger partial charge in [-0.2, -0.15) is 0 Å². The Morgan fingerprint density at radius 3 is 2.16 bits per heavy atom. The molecule has 1 saturated heterocycles. The van der Waals surface area contributed by atoms with Gasteiger partial charge in [-0.15, -0.1) is 0 Å². The number of rotatable bonds is 8. The fourth-order valence-electron chi connectivity index (χ4n) is 3.80. The molecule has 31 heavy (non-hydrogen) atoms. The van der Waals surface area contributed by atoms with E-state index in [9.17, 15) is 14.0 Å². The van der Waals surface area contributed by atoms with Crippen molar-refractivity contribution in [3.8, 4) is 0 Å². The van der Waals surface area contributed by atoms with Gasteiger partial charge in [0, 0.05) is 18.7 Å². The number of nitrogens with one attached hydrogen (secondary N) is 2. The normalized spacial score (nSPS) is 15.5. The number of carbonyl (C=O) groups is 2. The van der Waals surface area contributed by atoms with Gasteiger partial charge in [-0.25, -0.2) is 4.39 Å². The van der Waals surface area contributed by atoms with E-state index in [0.717, 1.165) is 25.2 Å². The maximum Gasteiger partial charge on any atom is 0.251 e. The van der Waals surface area contributed by atoms with E-state index in [2.05, 4.69) is 27.7 Å². The minimum atomic E-state index is -0.670. The van der Waals surface area contributed by atoms with Crippen LogP contribution in [0, 0.1) is 11.7 Å². The van der Waals surface area contributed by atoms with Crippen LogP contribution in [0.3, 0.4) is 0 Å². The van der Waals surface area contributed by atoms with Crippen molar-refractivity contribution in [3.63, 3.8) is 0 Å². The van der Waals surface area contributed by atoms with E-state index in [-0.39, 0.29) is 11.8 Å². The van der Waals surface area contributed by atoms with Gasteiger partial charge in [0.2, 0.25) is 5.91 Å². The van der Waals surface area contributed by atoms with Crippen LogP contribution in [0.1, 0.15) is 54.6 Å². The maximum absolute atomic E-state index is 13.1. The van der Waals surface area contributed by atoms with Gasteiger partial charge < -0.3 is 10.6 Å². The first-order valence-corrected chi connectivity index (χ1v) is 11.1. The molecule has 0 bridgehead atoms. The van der Waals surface area contributed by atoms with Gasteiger partial charge in [-0.05, 0) is 67.2 Å². The molecule has 0 aliphatic carbocycles. The summed E-state index contributed by atoms with van der Waals surface area (Å²) in [7, 11) is 0. The van der Waals surface area contributed by atoms with E-state index in [1.54, 1.807) is 0 Å². The van der Waals surface area contributed by atoms with Crippen molar-refractivity contribution in [2.45, 2.75) is 52.2 Å². The van der Waals surface area contributed by atoms with Crippen LogP contribution in [0.4, 0.5) is 4.39 Å². The van der Waals surface area contributed by atoms with E-state index in [1.165, 1.54) is 49.1 Å². The Hall–Kier alpha value is -2.73. The first-order chi connectivity index (χ1) is 14.9. The number of hydrogen-bond donors (Lipinski definition) is 2. The third kappa shape index (κ3) is 6.89. The van der Waals surface area contributed by atoms with Gasteiger partial charge in [0.1, 0.15) is 11.9 Å². The maximum atomic E-state index is 13.1. The second-order valence-corrected chi connectivity index (χ2v) is 8.57. The van der Waals surface area contributed by atoms with Crippen molar-refractivity contribution >= 4 is 11.8 Å². The fourth-order valence-corrected chi connectivity index (χ4v) is 3.80. The third-order valence-corrected chi connectivity index (χ3v) is 5.69. The van der Waals surface area contributed by atoms with E-state index >= 15 is 0 Å². The number of amides is 2. The number of likely N-dealkylation sites (tertiary alicyclic amines) is 1. The molecule has 0 aromatic heterocycles. The van der Waals surface area contributed by atoms with Crippen LogP contribution in [0.5, 0.6) is 0 Å². The van der Waals surface area contributed by atoms with Crippen LogP contribution >= 0.6 is 0 Å². The summed E-state index contributed by atoms with van der Waals surface area (Å²) in [5.41, 5.74) is 2.62. The second kappa shape index (κ2) is 11.0. The van der Waals surface area contributed by atoms with Crippen LogP contribution < -0.4 is 10.6 Å². The molecule has 0 unspecified atom stereocenters. The molecule has 5 nitrogen and oxygen atoms in total. The topological polar surface area (TPSA) is 61.4 Å². The summed E-state index contributed by atoms with van der Waals surface area (Å²) in [6, 6.07) is 12.9. The summed E-state index contributed by atoms with van der Waals surface area (Å²) in [5.74, 6) is -1.12. The number of nitrogens with zero attached hydrogens (tertiary/aromatic N) is 1. The van der Waals surface area contributed by atoms with Crippen LogP contribution in [0.2, 0.25) is 0 Å². The highest BCUT2D eigenvalue weighted by atomic mass is 19.1. The number of piperidine rings is 1. The Balaban J connectivity index is 1.52. The summed E-state index contributed by atoms with van der Waals surface area (Å²) in [5, 5.41) is 5.69. The Kier molecular flexibility index (Phi) is 8.18. The average Bonchev–Trinajstić information content (AvgIpc) is 2.77. The predicted molar refractivity (Wildman–Crippen MR) is 120 cm³/mol. The summed E-state index contributed by atoms with van der Waals surface area (Å²) in [4.78, 5) is 27.6. The average molecular weight is 426 g/mol. The zero-order valence-corrected chi connectivity index (χ0v) is 18.4. The lowest BCUT2D eigenvalue weighted by Crippen LogP contribution is -2.49. The molecular weight excluding hydrogens is 393 g/mol. The number of benzene rings is 2. The molecule has 1 heterocycles. The summed E-state index contributed by atoms with van der Waals surface area (Å²) >= 11 is 0. The van der Waals surface area contributed by atoms with Gasteiger partial charge in [0.15, 0.2) is 0 Å². The van der Waals surface area contributed by atoms with Gasteiger partial charge in [0.25, 0.3) is 5.91 Å². The van der Waals surface area contributed by atoms with Gasteiger partial charge in [0.05, 0.1) is 0 Å². The van der Waals surface area contributed by atoms with Crippen molar-refractivity contribution in [3.05, 3.63) is 71.0 Å². The molecule has 0 radical (unpaired) electrons. The summed E-state index contributed by atoms with van der Waals surface area (Å²) in [6.45, 7) is 7.46. The highest BCUT2D eigenvalue weighted by Crippen LogP contribution is 2.14. The predicted octanol–water partition coefficient (Wildman–Crippen LogP) is 3.88. The van der Waals surface area contributed by atoms with E-state index < -0.39 is 17.8 Å². The van der Waals surface area contributed by atoms with E-state index in [4.69, 9.17) is 0 Å². The highest BCUT2D eigenvalue weighted by molar-refractivity contribution is 5.97. The lowest BCUT2D eigenvalue weighted by atomic mass is 10.0. The molecule has 6 heteroatoms. The second-order valence-electron chi connectivity index (χ2n) is 8.57. The van der Waals surface area contributed by atoms with Crippen molar-refractivity contribution in [2.24, 2.45) is 5.92 Å². The van der Waals surface area contributed by atoms with E-state index in [0.29, 0.717) is 12.1 Å². The van der Waals surface area contributed by atoms with Gasteiger partial charge in [-0.1, -0.05) is 44.5 Å². The molecule has 3 rings (SSSR count). The molecule has 0 saturated carbocycles.